The lowest BCUT2D eigenvalue weighted by atomic mass is 10.3. The van der Waals surface area contributed by atoms with Gasteiger partial charge in [-0.2, -0.15) is 5.10 Å². The summed E-state index contributed by atoms with van der Waals surface area (Å²) in [7, 11) is 0. The number of hydrogen-bond acceptors (Lipinski definition) is 1. The Hall–Kier alpha value is -0.350. The van der Waals surface area contributed by atoms with Crippen LogP contribution >= 0.6 is 31.9 Å². The Bertz CT molecular complexity index is 394. The van der Waals surface area contributed by atoms with E-state index in [1.54, 1.807) is 6.20 Å². The molecule has 0 aliphatic rings. The highest BCUT2D eigenvalue weighted by Crippen LogP contribution is 2.29. The predicted molar refractivity (Wildman–Crippen MR) is 51.5 cm³/mol. The average molecular weight is 276 g/mol. The highest BCUT2D eigenvalue weighted by atomic mass is 79.9. The standard InChI is InChI=1S/C7H4Br2N2/c8-5-2-1-4-3-10-11-7(4)6(5)9/h1-3H,(H,10,11). The average Bonchev–Trinajstić information content (AvgIpc) is 2.45. The molecule has 0 bridgehead atoms. The zero-order chi connectivity index (χ0) is 7.84. The van der Waals surface area contributed by atoms with Crippen molar-refractivity contribution in [1.82, 2.24) is 10.2 Å². The minimum absolute atomic E-state index is 1.02. The summed E-state index contributed by atoms with van der Waals surface area (Å²) in [6.45, 7) is 0. The molecule has 0 spiro atoms. The maximum atomic E-state index is 3.93. The van der Waals surface area contributed by atoms with Crippen molar-refractivity contribution in [2.45, 2.75) is 0 Å². The first-order valence-corrected chi connectivity index (χ1v) is 4.65. The van der Waals surface area contributed by atoms with Crippen molar-refractivity contribution in [1.29, 1.82) is 0 Å². The Morgan fingerprint density at radius 1 is 1.27 bits per heavy atom. The van der Waals surface area contributed by atoms with E-state index in [1.165, 1.54) is 0 Å². The largest absolute Gasteiger partial charge is 0.277 e. The van der Waals surface area contributed by atoms with Crippen LogP contribution in [-0.4, -0.2) is 10.2 Å². The van der Waals surface area contributed by atoms with Crippen LogP contribution in [0.4, 0.5) is 0 Å². The van der Waals surface area contributed by atoms with Crippen LogP contribution in [0, 0.1) is 0 Å². The van der Waals surface area contributed by atoms with E-state index in [4.69, 9.17) is 0 Å². The molecule has 0 fully saturated rings. The van der Waals surface area contributed by atoms with E-state index in [1.807, 2.05) is 12.1 Å². The normalized spacial score (nSPS) is 10.7. The van der Waals surface area contributed by atoms with Crippen molar-refractivity contribution in [3.63, 3.8) is 0 Å². The maximum Gasteiger partial charge on any atom is 0.0803 e. The van der Waals surface area contributed by atoms with Crippen LogP contribution in [0.5, 0.6) is 0 Å². The van der Waals surface area contributed by atoms with Crippen LogP contribution in [0.2, 0.25) is 0 Å². The van der Waals surface area contributed by atoms with E-state index < -0.39 is 0 Å². The lowest BCUT2D eigenvalue weighted by molar-refractivity contribution is 1.12. The van der Waals surface area contributed by atoms with Gasteiger partial charge in [0.05, 0.1) is 16.2 Å². The van der Waals surface area contributed by atoms with E-state index in [2.05, 4.69) is 42.1 Å². The molecule has 2 aromatic rings. The Kier molecular flexibility index (Phi) is 1.73. The third-order valence-electron chi connectivity index (χ3n) is 1.51. The van der Waals surface area contributed by atoms with Crippen LogP contribution in [0.15, 0.2) is 27.3 Å². The minimum Gasteiger partial charge on any atom is -0.277 e. The van der Waals surface area contributed by atoms with Gasteiger partial charge >= 0.3 is 0 Å². The van der Waals surface area contributed by atoms with Crippen LogP contribution in [0.25, 0.3) is 10.9 Å². The molecule has 2 rings (SSSR count). The number of aromatic amines is 1. The molecule has 4 heteroatoms. The molecule has 0 aliphatic carbocycles. The van der Waals surface area contributed by atoms with E-state index >= 15 is 0 Å². The second-order valence-electron chi connectivity index (χ2n) is 2.20. The zero-order valence-electron chi connectivity index (χ0n) is 5.44. The van der Waals surface area contributed by atoms with Gasteiger partial charge in [0.15, 0.2) is 0 Å². The fourth-order valence-corrected chi connectivity index (χ4v) is 1.73. The SMILES string of the molecule is Brc1ccc2cn[nH]c2c1Br. The molecule has 1 N–H and O–H groups in total. The fourth-order valence-electron chi connectivity index (χ4n) is 0.953. The van der Waals surface area contributed by atoms with Crippen LogP contribution in [-0.2, 0) is 0 Å². The minimum atomic E-state index is 1.02. The molecule has 0 saturated heterocycles. The van der Waals surface area contributed by atoms with Crippen molar-refractivity contribution in [2.75, 3.05) is 0 Å². The summed E-state index contributed by atoms with van der Waals surface area (Å²) >= 11 is 6.85. The van der Waals surface area contributed by atoms with Crippen molar-refractivity contribution < 1.29 is 0 Å². The topological polar surface area (TPSA) is 28.7 Å². The van der Waals surface area contributed by atoms with Gasteiger partial charge in [0.1, 0.15) is 0 Å². The third kappa shape index (κ3) is 1.10. The van der Waals surface area contributed by atoms with Gasteiger partial charge in [0, 0.05) is 9.86 Å². The highest BCUT2D eigenvalue weighted by molar-refractivity contribution is 9.13. The van der Waals surface area contributed by atoms with E-state index in [-0.39, 0.29) is 0 Å². The highest BCUT2D eigenvalue weighted by Gasteiger charge is 2.02. The van der Waals surface area contributed by atoms with E-state index in [0.717, 1.165) is 19.8 Å². The summed E-state index contributed by atoms with van der Waals surface area (Å²) in [6, 6.07) is 4.00. The maximum absolute atomic E-state index is 3.93. The number of aromatic nitrogens is 2. The van der Waals surface area contributed by atoms with Gasteiger partial charge < -0.3 is 0 Å². The van der Waals surface area contributed by atoms with Gasteiger partial charge in [-0.25, -0.2) is 0 Å². The Morgan fingerprint density at radius 2 is 2.09 bits per heavy atom. The first kappa shape index (κ1) is 7.31. The Morgan fingerprint density at radius 3 is 2.91 bits per heavy atom. The number of fused-ring (bicyclic) bond motifs is 1. The molecule has 56 valence electrons. The van der Waals surface area contributed by atoms with E-state index in [0.29, 0.717) is 0 Å². The smallest absolute Gasteiger partial charge is 0.0803 e. The van der Waals surface area contributed by atoms with Crippen molar-refractivity contribution in [3.05, 3.63) is 27.3 Å². The third-order valence-corrected chi connectivity index (χ3v) is 3.52. The number of rotatable bonds is 0. The Labute approximate surface area is 80.2 Å². The molecule has 0 radical (unpaired) electrons. The quantitative estimate of drug-likeness (QED) is 0.786. The summed E-state index contributed by atoms with van der Waals surface area (Å²) in [5.41, 5.74) is 1.03. The number of halogens is 2. The number of nitrogens with zero attached hydrogens (tertiary/aromatic N) is 1. The number of H-pyrrole nitrogens is 1. The fraction of sp³-hybridized carbons (Fsp3) is 0. The van der Waals surface area contributed by atoms with Crippen molar-refractivity contribution >= 4 is 42.8 Å². The van der Waals surface area contributed by atoms with Gasteiger partial charge in [-0.3, -0.25) is 5.10 Å². The van der Waals surface area contributed by atoms with Crippen LogP contribution in [0.1, 0.15) is 0 Å². The second-order valence-corrected chi connectivity index (χ2v) is 3.84. The second kappa shape index (κ2) is 2.60. The lowest BCUT2D eigenvalue weighted by Gasteiger charge is -1.95. The van der Waals surface area contributed by atoms with Gasteiger partial charge in [-0.15, -0.1) is 0 Å². The Balaban J connectivity index is 2.93. The number of hydrogen-bond donors (Lipinski definition) is 1. The van der Waals surface area contributed by atoms with Crippen molar-refractivity contribution in [3.8, 4) is 0 Å². The molecular weight excluding hydrogens is 272 g/mol. The molecule has 11 heavy (non-hydrogen) atoms. The monoisotopic (exact) mass is 274 g/mol. The molecule has 0 atom stereocenters. The van der Waals surface area contributed by atoms with E-state index in [9.17, 15) is 0 Å². The lowest BCUT2D eigenvalue weighted by Crippen LogP contribution is -1.72. The van der Waals surface area contributed by atoms with Gasteiger partial charge in [0.25, 0.3) is 0 Å². The summed E-state index contributed by atoms with van der Waals surface area (Å²) in [4.78, 5) is 0. The predicted octanol–water partition coefficient (Wildman–Crippen LogP) is 3.09. The molecule has 1 aromatic carbocycles. The molecule has 1 heterocycles. The summed E-state index contributed by atoms with van der Waals surface area (Å²) < 4.78 is 2.06. The first-order chi connectivity index (χ1) is 5.29. The molecule has 2 nitrogen and oxygen atoms in total. The van der Waals surface area contributed by atoms with Crippen LogP contribution in [0.3, 0.4) is 0 Å². The molecule has 0 aliphatic heterocycles. The molecular formula is C7H4Br2N2. The number of benzene rings is 1. The molecule has 0 unspecified atom stereocenters. The van der Waals surface area contributed by atoms with Gasteiger partial charge in [-0.05, 0) is 37.9 Å². The van der Waals surface area contributed by atoms with Crippen LogP contribution < -0.4 is 0 Å². The summed E-state index contributed by atoms with van der Waals surface area (Å²) in [6.07, 6.45) is 1.80. The first-order valence-electron chi connectivity index (χ1n) is 3.06. The summed E-state index contributed by atoms with van der Waals surface area (Å²) in [5, 5.41) is 7.94. The molecule has 1 aromatic heterocycles. The zero-order valence-corrected chi connectivity index (χ0v) is 8.61. The number of nitrogens with one attached hydrogen (secondary N) is 1. The molecule has 0 saturated carbocycles. The molecule has 0 amide bonds. The van der Waals surface area contributed by atoms with Gasteiger partial charge in [-0.1, -0.05) is 6.07 Å². The van der Waals surface area contributed by atoms with Crippen molar-refractivity contribution in [2.24, 2.45) is 0 Å². The summed E-state index contributed by atoms with van der Waals surface area (Å²) in [5.74, 6) is 0. The van der Waals surface area contributed by atoms with Gasteiger partial charge in [0.2, 0.25) is 0 Å².